The van der Waals surface area contributed by atoms with E-state index in [2.05, 4.69) is 46.8 Å². The topological polar surface area (TPSA) is 93.2 Å². The molecule has 1 amide bonds. The molecule has 0 atom stereocenters. The van der Waals surface area contributed by atoms with E-state index >= 15 is 0 Å². The van der Waals surface area contributed by atoms with Crippen molar-refractivity contribution in [3.8, 4) is 11.4 Å². The van der Waals surface area contributed by atoms with Crippen LogP contribution in [-0.2, 0) is 13.1 Å². The summed E-state index contributed by atoms with van der Waals surface area (Å²) in [6.45, 7) is 4.94. The van der Waals surface area contributed by atoms with Gasteiger partial charge in [0.15, 0.2) is 0 Å². The summed E-state index contributed by atoms with van der Waals surface area (Å²) in [5.74, 6) is 1.94. The number of hydrogen-bond donors (Lipinski definition) is 2. The van der Waals surface area contributed by atoms with Crippen LogP contribution in [-0.4, -0.2) is 16.0 Å². The highest BCUT2D eigenvalue weighted by Gasteiger charge is 2.13. The van der Waals surface area contributed by atoms with Gasteiger partial charge in [-0.25, -0.2) is 0 Å². The van der Waals surface area contributed by atoms with Crippen LogP contribution < -0.4 is 10.6 Å². The van der Waals surface area contributed by atoms with Crippen LogP contribution in [0.5, 0.6) is 0 Å². The molecule has 7 heteroatoms. The van der Waals surface area contributed by atoms with Crippen LogP contribution in [0.25, 0.3) is 11.4 Å². The lowest BCUT2D eigenvalue weighted by Gasteiger charge is -2.10. The second-order valence-corrected chi connectivity index (χ2v) is 7.45. The number of hydrogen-bond acceptors (Lipinski definition) is 6. The van der Waals surface area contributed by atoms with Crippen molar-refractivity contribution in [2.75, 3.05) is 5.32 Å². The van der Waals surface area contributed by atoms with E-state index in [0.717, 1.165) is 5.56 Å². The Morgan fingerprint density at radius 3 is 2.55 bits per heavy atom. The molecule has 2 aromatic heterocycles. The number of benzene rings is 2. The first-order valence-corrected chi connectivity index (χ1v) is 10.2. The maximum absolute atomic E-state index is 12.6. The van der Waals surface area contributed by atoms with Gasteiger partial charge in [0.2, 0.25) is 11.7 Å². The molecule has 2 N–H and O–H groups in total. The second kappa shape index (κ2) is 9.30. The monoisotopic (exact) mass is 416 g/mol. The summed E-state index contributed by atoms with van der Waals surface area (Å²) in [5, 5.41) is 10.1. The first-order valence-electron chi connectivity index (χ1n) is 10.2. The van der Waals surface area contributed by atoms with Gasteiger partial charge in [0.25, 0.3) is 5.91 Å². The SMILES string of the molecule is CC(C)c1ccc(-c2noc(CNc3ccccc3C(=O)NCc3ccco3)n2)cc1. The molecule has 158 valence electrons. The van der Waals surface area contributed by atoms with Gasteiger partial charge in [-0.05, 0) is 35.7 Å². The Labute approximate surface area is 180 Å². The second-order valence-electron chi connectivity index (χ2n) is 7.45. The largest absolute Gasteiger partial charge is 0.467 e. The molecule has 0 spiro atoms. The lowest BCUT2D eigenvalue weighted by atomic mass is 10.0. The van der Waals surface area contributed by atoms with E-state index in [1.54, 1.807) is 18.4 Å². The van der Waals surface area contributed by atoms with Crippen LogP contribution in [0.2, 0.25) is 0 Å². The first-order chi connectivity index (χ1) is 15.1. The number of nitrogens with one attached hydrogen (secondary N) is 2. The van der Waals surface area contributed by atoms with Crippen molar-refractivity contribution in [2.24, 2.45) is 0 Å². The smallest absolute Gasteiger partial charge is 0.253 e. The number of para-hydroxylation sites is 1. The minimum atomic E-state index is -0.198. The van der Waals surface area contributed by atoms with Crippen molar-refractivity contribution in [2.45, 2.75) is 32.9 Å². The lowest BCUT2D eigenvalue weighted by molar-refractivity contribution is 0.0949. The van der Waals surface area contributed by atoms with Crippen molar-refractivity contribution in [3.05, 3.63) is 89.7 Å². The summed E-state index contributed by atoms with van der Waals surface area (Å²) >= 11 is 0. The Bertz CT molecular complexity index is 1130. The molecule has 0 radical (unpaired) electrons. The maximum atomic E-state index is 12.6. The Hall–Kier alpha value is -3.87. The number of aromatic nitrogens is 2. The van der Waals surface area contributed by atoms with Crippen LogP contribution in [0.15, 0.2) is 75.9 Å². The number of carbonyl (C=O) groups is 1. The summed E-state index contributed by atoms with van der Waals surface area (Å²) in [6.07, 6.45) is 1.58. The highest BCUT2D eigenvalue weighted by molar-refractivity contribution is 5.99. The van der Waals surface area contributed by atoms with Gasteiger partial charge in [-0.1, -0.05) is 55.4 Å². The quantitative estimate of drug-likeness (QED) is 0.420. The van der Waals surface area contributed by atoms with Crippen LogP contribution in [0, 0.1) is 0 Å². The van der Waals surface area contributed by atoms with Gasteiger partial charge in [0, 0.05) is 11.3 Å². The summed E-state index contributed by atoms with van der Waals surface area (Å²) < 4.78 is 10.6. The third-order valence-corrected chi connectivity index (χ3v) is 4.91. The number of rotatable bonds is 8. The average molecular weight is 416 g/mol. The fourth-order valence-corrected chi connectivity index (χ4v) is 3.14. The van der Waals surface area contributed by atoms with Crippen molar-refractivity contribution in [1.82, 2.24) is 15.5 Å². The zero-order valence-electron chi connectivity index (χ0n) is 17.5. The summed E-state index contributed by atoms with van der Waals surface area (Å²) in [4.78, 5) is 17.1. The average Bonchev–Trinajstić information content (AvgIpc) is 3.48. The molecule has 7 nitrogen and oxygen atoms in total. The van der Waals surface area contributed by atoms with Gasteiger partial charge in [-0.3, -0.25) is 4.79 Å². The lowest BCUT2D eigenvalue weighted by Crippen LogP contribution is -2.23. The van der Waals surface area contributed by atoms with Gasteiger partial charge < -0.3 is 19.6 Å². The van der Waals surface area contributed by atoms with Gasteiger partial charge >= 0.3 is 0 Å². The third kappa shape index (κ3) is 5.01. The number of furan rings is 1. The van der Waals surface area contributed by atoms with Crippen molar-refractivity contribution in [1.29, 1.82) is 0 Å². The molecule has 0 unspecified atom stereocenters. The van der Waals surface area contributed by atoms with Crippen LogP contribution in [0.1, 0.15) is 47.3 Å². The van der Waals surface area contributed by atoms with Crippen molar-refractivity contribution < 1.29 is 13.7 Å². The Kier molecular flexibility index (Phi) is 6.12. The predicted molar refractivity (Wildman–Crippen MR) is 117 cm³/mol. The maximum Gasteiger partial charge on any atom is 0.253 e. The Morgan fingerprint density at radius 2 is 1.81 bits per heavy atom. The highest BCUT2D eigenvalue weighted by Crippen LogP contribution is 2.21. The van der Waals surface area contributed by atoms with E-state index in [0.29, 0.717) is 47.7 Å². The van der Waals surface area contributed by atoms with E-state index in [-0.39, 0.29) is 5.91 Å². The molecular weight excluding hydrogens is 392 g/mol. The zero-order chi connectivity index (χ0) is 21.6. The van der Waals surface area contributed by atoms with E-state index in [1.165, 1.54) is 5.56 Å². The zero-order valence-corrected chi connectivity index (χ0v) is 17.5. The first kappa shape index (κ1) is 20.4. The summed E-state index contributed by atoms with van der Waals surface area (Å²) in [6, 6.07) is 19.0. The van der Waals surface area contributed by atoms with Crippen LogP contribution >= 0.6 is 0 Å². The van der Waals surface area contributed by atoms with Crippen molar-refractivity contribution in [3.63, 3.8) is 0 Å². The van der Waals surface area contributed by atoms with Gasteiger partial charge in [0.05, 0.1) is 24.9 Å². The van der Waals surface area contributed by atoms with Gasteiger partial charge in [0.1, 0.15) is 5.76 Å². The molecule has 0 fully saturated rings. The van der Waals surface area contributed by atoms with Gasteiger partial charge in [-0.2, -0.15) is 4.98 Å². The normalized spacial score (nSPS) is 10.9. The number of carbonyl (C=O) groups excluding carboxylic acids is 1. The van der Waals surface area contributed by atoms with Crippen molar-refractivity contribution >= 4 is 11.6 Å². The molecule has 4 aromatic rings. The summed E-state index contributed by atoms with van der Waals surface area (Å²) in [5.41, 5.74) is 3.37. The third-order valence-electron chi connectivity index (χ3n) is 4.91. The minimum Gasteiger partial charge on any atom is -0.467 e. The molecule has 0 saturated carbocycles. The number of amides is 1. The molecule has 2 heterocycles. The standard InChI is InChI=1S/C24H24N4O3/c1-16(2)17-9-11-18(12-10-17)23-27-22(31-28-23)15-25-21-8-4-3-7-20(21)24(29)26-14-19-6-5-13-30-19/h3-13,16,25H,14-15H2,1-2H3,(H,26,29). The Morgan fingerprint density at radius 1 is 1.00 bits per heavy atom. The van der Waals surface area contributed by atoms with Crippen LogP contribution in [0.3, 0.4) is 0 Å². The predicted octanol–water partition coefficient (Wildman–Crippen LogP) is 5.00. The Balaban J connectivity index is 1.40. The highest BCUT2D eigenvalue weighted by atomic mass is 16.5. The molecule has 2 aromatic carbocycles. The molecular formula is C24H24N4O3. The van der Waals surface area contributed by atoms with E-state index in [9.17, 15) is 4.79 Å². The molecule has 0 aliphatic carbocycles. The summed E-state index contributed by atoms with van der Waals surface area (Å²) in [7, 11) is 0. The molecule has 31 heavy (non-hydrogen) atoms. The molecule has 0 aliphatic rings. The van der Waals surface area contributed by atoms with Gasteiger partial charge in [-0.15, -0.1) is 0 Å². The molecule has 0 aliphatic heterocycles. The minimum absolute atomic E-state index is 0.198. The van der Waals surface area contributed by atoms with Crippen LogP contribution in [0.4, 0.5) is 5.69 Å². The fraction of sp³-hybridized carbons (Fsp3) is 0.208. The fourth-order valence-electron chi connectivity index (χ4n) is 3.14. The van der Waals surface area contributed by atoms with E-state index in [4.69, 9.17) is 8.94 Å². The van der Waals surface area contributed by atoms with E-state index in [1.807, 2.05) is 36.4 Å². The van der Waals surface area contributed by atoms with E-state index < -0.39 is 0 Å². The molecule has 0 saturated heterocycles. The number of anilines is 1. The number of nitrogens with zero attached hydrogens (tertiary/aromatic N) is 2. The molecule has 4 rings (SSSR count). The molecule has 0 bridgehead atoms.